The van der Waals surface area contributed by atoms with Gasteiger partial charge in [-0.2, -0.15) is 4.98 Å². The van der Waals surface area contributed by atoms with Gasteiger partial charge in [-0.05, 0) is 11.0 Å². The van der Waals surface area contributed by atoms with Crippen LogP contribution in [0.15, 0.2) is 65.2 Å². The van der Waals surface area contributed by atoms with Gasteiger partial charge in [-0.15, -0.1) is 0 Å². The highest BCUT2D eigenvalue weighted by molar-refractivity contribution is 5.76. The highest BCUT2D eigenvalue weighted by Crippen LogP contribution is 2.32. The Bertz CT molecular complexity index is 867. The van der Waals surface area contributed by atoms with E-state index in [1.54, 1.807) is 0 Å². The number of aromatic nitrogens is 2. The van der Waals surface area contributed by atoms with Gasteiger partial charge in [-0.1, -0.05) is 86.6 Å². The molecule has 0 aliphatic rings. The summed E-state index contributed by atoms with van der Waals surface area (Å²) in [6.45, 7) is 6.36. The molecular formula is C22H25N3O2. The zero-order chi connectivity index (χ0) is 19.3. The fourth-order valence-electron chi connectivity index (χ4n) is 2.96. The number of nitrogens with one attached hydrogen (secondary N) is 1. The summed E-state index contributed by atoms with van der Waals surface area (Å²) >= 11 is 0. The van der Waals surface area contributed by atoms with Gasteiger partial charge in [-0.3, -0.25) is 4.79 Å². The predicted octanol–water partition coefficient (Wildman–Crippen LogP) is 4.57. The van der Waals surface area contributed by atoms with Gasteiger partial charge >= 0.3 is 0 Å². The maximum atomic E-state index is 12.5. The Morgan fingerprint density at radius 1 is 1.04 bits per heavy atom. The second kappa shape index (κ2) is 8.16. The van der Waals surface area contributed by atoms with Crippen LogP contribution < -0.4 is 5.32 Å². The standard InChI is InChI=1S/C22H25N3O2/c1-22(2,3)20(16-10-6-4-7-11-16)23-18(26)14-15-19-24-21(25-27-19)17-12-8-5-9-13-17/h4-13,20H,14-15H2,1-3H3,(H,23,26)/t20-/m1/s1. The molecule has 5 heteroatoms. The number of amides is 1. The van der Waals surface area contributed by atoms with Crippen molar-refractivity contribution in [3.63, 3.8) is 0 Å². The molecule has 0 saturated heterocycles. The van der Waals surface area contributed by atoms with E-state index in [2.05, 4.69) is 36.2 Å². The van der Waals surface area contributed by atoms with Crippen molar-refractivity contribution in [1.29, 1.82) is 0 Å². The third kappa shape index (κ3) is 5.03. The molecule has 0 unspecified atom stereocenters. The van der Waals surface area contributed by atoms with E-state index in [1.165, 1.54) is 0 Å². The molecule has 0 bridgehead atoms. The first-order valence-corrected chi connectivity index (χ1v) is 9.16. The van der Waals surface area contributed by atoms with Gasteiger partial charge in [0.1, 0.15) is 0 Å². The van der Waals surface area contributed by atoms with Crippen molar-refractivity contribution in [3.05, 3.63) is 72.1 Å². The van der Waals surface area contributed by atoms with Crippen molar-refractivity contribution in [2.24, 2.45) is 5.41 Å². The fourth-order valence-corrected chi connectivity index (χ4v) is 2.96. The van der Waals surface area contributed by atoms with Crippen molar-refractivity contribution < 1.29 is 9.32 Å². The van der Waals surface area contributed by atoms with Gasteiger partial charge in [0.25, 0.3) is 0 Å². The van der Waals surface area contributed by atoms with Crippen molar-refractivity contribution >= 4 is 5.91 Å². The van der Waals surface area contributed by atoms with Crippen molar-refractivity contribution in [2.45, 2.75) is 39.7 Å². The molecule has 1 aromatic heterocycles. The Kier molecular flexibility index (Phi) is 5.69. The SMILES string of the molecule is CC(C)(C)[C@H](NC(=O)CCc1nc(-c2ccccc2)no1)c1ccccc1. The minimum Gasteiger partial charge on any atom is -0.349 e. The Morgan fingerprint density at radius 2 is 1.67 bits per heavy atom. The van der Waals surface area contributed by atoms with E-state index in [-0.39, 0.29) is 17.4 Å². The molecule has 1 heterocycles. The summed E-state index contributed by atoms with van der Waals surface area (Å²) in [4.78, 5) is 16.9. The van der Waals surface area contributed by atoms with Crippen LogP contribution in [0.3, 0.4) is 0 Å². The highest BCUT2D eigenvalue weighted by Gasteiger charge is 2.27. The van der Waals surface area contributed by atoms with E-state index in [4.69, 9.17) is 4.52 Å². The summed E-state index contributed by atoms with van der Waals surface area (Å²) in [6, 6.07) is 19.6. The summed E-state index contributed by atoms with van der Waals surface area (Å²) in [5.41, 5.74) is 1.90. The molecule has 0 saturated carbocycles. The van der Waals surface area contributed by atoms with E-state index in [1.807, 2.05) is 60.7 Å². The molecule has 3 rings (SSSR count). The second-order valence-electron chi connectivity index (χ2n) is 7.65. The van der Waals surface area contributed by atoms with E-state index >= 15 is 0 Å². The third-order valence-electron chi connectivity index (χ3n) is 4.37. The Labute approximate surface area is 159 Å². The molecule has 2 aromatic carbocycles. The van der Waals surface area contributed by atoms with Crippen LogP contribution in [0.2, 0.25) is 0 Å². The first-order valence-electron chi connectivity index (χ1n) is 9.16. The first-order chi connectivity index (χ1) is 12.9. The summed E-state index contributed by atoms with van der Waals surface area (Å²) in [6.07, 6.45) is 0.715. The van der Waals surface area contributed by atoms with Crippen LogP contribution in [-0.2, 0) is 11.2 Å². The maximum Gasteiger partial charge on any atom is 0.227 e. The first kappa shape index (κ1) is 18.8. The van der Waals surface area contributed by atoms with Crippen LogP contribution in [0.1, 0.15) is 44.7 Å². The average Bonchev–Trinajstić information content (AvgIpc) is 3.14. The maximum absolute atomic E-state index is 12.5. The van der Waals surface area contributed by atoms with Crippen molar-refractivity contribution in [3.8, 4) is 11.4 Å². The molecule has 0 spiro atoms. The zero-order valence-electron chi connectivity index (χ0n) is 16.0. The lowest BCUT2D eigenvalue weighted by molar-refractivity contribution is -0.122. The Hall–Kier alpha value is -2.95. The molecule has 0 aliphatic heterocycles. The Balaban J connectivity index is 1.61. The van der Waals surface area contributed by atoms with Gasteiger partial charge < -0.3 is 9.84 Å². The van der Waals surface area contributed by atoms with Crippen molar-refractivity contribution in [1.82, 2.24) is 15.5 Å². The van der Waals surface area contributed by atoms with Gasteiger partial charge in [0.05, 0.1) is 6.04 Å². The lowest BCUT2D eigenvalue weighted by Crippen LogP contribution is -2.36. The molecular weight excluding hydrogens is 338 g/mol. The zero-order valence-corrected chi connectivity index (χ0v) is 16.0. The topological polar surface area (TPSA) is 68.0 Å². The number of carbonyl (C=O) groups is 1. The summed E-state index contributed by atoms with van der Waals surface area (Å²) in [5.74, 6) is 0.983. The summed E-state index contributed by atoms with van der Waals surface area (Å²) in [5, 5.41) is 7.15. The number of hydrogen-bond donors (Lipinski definition) is 1. The molecule has 1 N–H and O–H groups in total. The molecule has 0 aliphatic carbocycles. The second-order valence-corrected chi connectivity index (χ2v) is 7.65. The van der Waals surface area contributed by atoms with Gasteiger partial charge in [0.2, 0.25) is 17.6 Å². The Morgan fingerprint density at radius 3 is 2.30 bits per heavy atom. The van der Waals surface area contributed by atoms with E-state index in [0.717, 1.165) is 11.1 Å². The molecule has 27 heavy (non-hydrogen) atoms. The number of benzene rings is 2. The van der Waals surface area contributed by atoms with E-state index in [9.17, 15) is 4.79 Å². The van der Waals surface area contributed by atoms with Gasteiger partial charge in [0.15, 0.2) is 0 Å². The normalized spacial score (nSPS) is 12.6. The van der Waals surface area contributed by atoms with Gasteiger partial charge in [-0.25, -0.2) is 0 Å². The average molecular weight is 363 g/mol. The molecule has 0 radical (unpaired) electrons. The number of carbonyl (C=O) groups excluding carboxylic acids is 1. The lowest BCUT2D eigenvalue weighted by Gasteiger charge is -2.32. The minimum atomic E-state index is -0.0953. The number of hydrogen-bond acceptors (Lipinski definition) is 4. The highest BCUT2D eigenvalue weighted by atomic mass is 16.5. The summed E-state index contributed by atoms with van der Waals surface area (Å²) in [7, 11) is 0. The molecule has 5 nitrogen and oxygen atoms in total. The summed E-state index contributed by atoms with van der Waals surface area (Å²) < 4.78 is 5.29. The van der Waals surface area contributed by atoms with Crippen LogP contribution in [0.25, 0.3) is 11.4 Å². The third-order valence-corrected chi connectivity index (χ3v) is 4.37. The van der Waals surface area contributed by atoms with E-state index < -0.39 is 0 Å². The van der Waals surface area contributed by atoms with Crippen LogP contribution in [0.4, 0.5) is 0 Å². The monoisotopic (exact) mass is 363 g/mol. The van der Waals surface area contributed by atoms with Crippen LogP contribution in [0.5, 0.6) is 0 Å². The number of nitrogens with zero attached hydrogens (tertiary/aromatic N) is 2. The molecule has 0 fully saturated rings. The van der Waals surface area contributed by atoms with Crippen LogP contribution in [0, 0.1) is 5.41 Å². The number of aryl methyl sites for hydroxylation is 1. The van der Waals surface area contributed by atoms with E-state index in [0.29, 0.717) is 24.6 Å². The molecule has 140 valence electrons. The number of rotatable bonds is 6. The van der Waals surface area contributed by atoms with Gasteiger partial charge in [0, 0.05) is 18.4 Å². The van der Waals surface area contributed by atoms with Crippen LogP contribution >= 0.6 is 0 Å². The largest absolute Gasteiger partial charge is 0.349 e. The van der Waals surface area contributed by atoms with Crippen LogP contribution in [-0.4, -0.2) is 16.0 Å². The molecule has 3 aromatic rings. The predicted molar refractivity (Wildman–Crippen MR) is 105 cm³/mol. The van der Waals surface area contributed by atoms with Crippen molar-refractivity contribution in [2.75, 3.05) is 0 Å². The lowest BCUT2D eigenvalue weighted by atomic mass is 9.82. The smallest absolute Gasteiger partial charge is 0.227 e. The quantitative estimate of drug-likeness (QED) is 0.696. The minimum absolute atomic E-state index is 0.0294. The molecule has 1 amide bonds. The molecule has 1 atom stereocenters. The fraction of sp³-hybridized carbons (Fsp3) is 0.318.